The average molecular weight is 319 g/mol. The Morgan fingerprint density at radius 2 is 2.18 bits per heavy atom. The van der Waals surface area contributed by atoms with Crippen molar-refractivity contribution in [3.63, 3.8) is 0 Å². The fourth-order valence-corrected chi connectivity index (χ4v) is 2.10. The van der Waals surface area contributed by atoms with Gasteiger partial charge in [-0.3, -0.25) is 5.10 Å². The molecule has 0 atom stereocenters. The lowest BCUT2D eigenvalue weighted by molar-refractivity contribution is 0.0596. The molecule has 3 heterocycles. The van der Waals surface area contributed by atoms with E-state index in [1.807, 2.05) is 19.1 Å². The van der Waals surface area contributed by atoms with E-state index >= 15 is 0 Å². The van der Waals surface area contributed by atoms with Crippen LogP contribution in [0.4, 0.5) is 11.6 Å². The highest BCUT2D eigenvalue weighted by Gasteiger charge is 2.19. The molecule has 0 bridgehead atoms. The molecule has 0 amide bonds. The number of fused-ring (bicyclic) bond motifs is 1. The zero-order chi connectivity index (χ0) is 15.7. The third-order valence-corrected chi connectivity index (χ3v) is 3.09. The number of methoxy groups -OCH3 is 1. The second-order valence-corrected chi connectivity index (χ2v) is 4.81. The maximum atomic E-state index is 11.7. The number of H-pyrrole nitrogens is 1. The van der Waals surface area contributed by atoms with Gasteiger partial charge in [0, 0.05) is 6.20 Å². The molecular formula is C13H11ClN6O2. The Hall–Kier alpha value is -2.74. The molecular weight excluding hydrogens is 308 g/mol. The second kappa shape index (κ2) is 5.57. The molecule has 3 aromatic heterocycles. The number of esters is 1. The maximum Gasteiger partial charge on any atom is 0.358 e. The van der Waals surface area contributed by atoms with Crippen molar-refractivity contribution in [3.05, 3.63) is 34.9 Å². The molecule has 2 N–H and O–H groups in total. The number of aryl methyl sites for hydroxylation is 1. The molecule has 0 fully saturated rings. The fraction of sp³-hybridized carbons (Fsp3) is 0.154. The van der Waals surface area contributed by atoms with Gasteiger partial charge in [-0.2, -0.15) is 10.1 Å². The molecule has 112 valence electrons. The number of pyridine rings is 1. The summed E-state index contributed by atoms with van der Waals surface area (Å²) < 4.78 is 4.67. The van der Waals surface area contributed by atoms with Crippen molar-refractivity contribution >= 4 is 40.2 Å². The number of hydrogen-bond acceptors (Lipinski definition) is 7. The van der Waals surface area contributed by atoms with E-state index in [-0.39, 0.29) is 16.5 Å². The molecule has 0 radical (unpaired) electrons. The van der Waals surface area contributed by atoms with Gasteiger partial charge in [-0.25, -0.2) is 14.8 Å². The standard InChI is InChI=1S/C13H11ClN6O2/c1-6-3-4-15-7(5-6)16-11-9-8(17-13(14)18-11)10(20-19-9)12(21)22-2/h3-5H,1-2H3,(H,19,20)(H,15,16,17,18). The Kier molecular flexibility index (Phi) is 3.60. The van der Waals surface area contributed by atoms with Gasteiger partial charge in [0.2, 0.25) is 5.28 Å². The molecule has 8 nitrogen and oxygen atoms in total. The largest absolute Gasteiger partial charge is 0.464 e. The first kappa shape index (κ1) is 14.2. The first-order valence-electron chi connectivity index (χ1n) is 6.28. The van der Waals surface area contributed by atoms with Crippen LogP contribution in [0.1, 0.15) is 16.1 Å². The number of nitrogens with one attached hydrogen (secondary N) is 2. The van der Waals surface area contributed by atoms with Crippen LogP contribution < -0.4 is 5.32 Å². The molecule has 0 spiro atoms. The van der Waals surface area contributed by atoms with Gasteiger partial charge in [0.15, 0.2) is 17.0 Å². The number of rotatable bonds is 3. The number of carbonyl (C=O) groups excluding carboxylic acids is 1. The van der Waals surface area contributed by atoms with E-state index in [9.17, 15) is 4.79 Å². The smallest absolute Gasteiger partial charge is 0.358 e. The van der Waals surface area contributed by atoms with Gasteiger partial charge < -0.3 is 10.1 Å². The van der Waals surface area contributed by atoms with Gasteiger partial charge in [-0.1, -0.05) is 0 Å². The van der Waals surface area contributed by atoms with Crippen LogP contribution in [0.15, 0.2) is 18.3 Å². The lowest BCUT2D eigenvalue weighted by Gasteiger charge is -2.06. The van der Waals surface area contributed by atoms with Gasteiger partial charge in [-0.05, 0) is 36.2 Å². The second-order valence-electron chi connectivity index (χ2n) is 4.47. The van der Waals surface area contributed by atoms with Gasteiger partial charge in [0.1, 0.15) is 11.3 Å². The highest BCUT2D eigenvalue weighted by molar-refractivity contribution is 6.29. The van der Waals surface area contributed by atoms with Gasteiger partial charge >= 0.3 is 5.97 Å². The minimum atomic E-state index is -0.586. The fourth-order valence-electron chi connectivity index (χ4n) is 1.93. The third kappa shape index (κ3) is 2.56. The Morgan fingerprint density at radius 3 is 2.91 bits per heavy atom. The summed E-state index contributed by atoms with van der Waals surface area (Å²) in [7, 11) is 1.27. The van der Waals surface area contributed by atoms with Crippen molar-refractivity contribution in [2.45, 2.75) is 6.92 Å². The Labute approximate surface area is 129 Å². The van der Waals surface area contributed by atoms with E-state index in [1.165, 1.54) is 7.11 Å². The zero-order valence-corrected chi connectivity index (χ0v) is 12.5. The SMILES string of the molecule is COC(=O)c1[nH]nc2c(Nc3cc(C)ccn3)nc(Cl)nc12. The van der Waals surface area contributed by atoms with Crippen molar-refractivity contribution in [1.82, 2.24) is 25.1 Å². The molecule has 0 saturated carbocycles. The number of aromatic nitrogens is 5. The van der Waals surface area contributed by atoms with Crippen LogP contribution in [-0.4, -0.2) is 38.2 Å². The minimum absolute atomic E-state index is 0.0193. The van der Waals surface area contributed by atoms with Crippen molar-refractivity contribution in [2.24, 2.45) is 0 Å². The molecule has 9 heteroatoms. The number of aromatic amines is 1. The lowest BCUT2D eigenvalue weighted by Crippen LogP contribution is -2.03. The first-order chi connectivity index (χ1) is 10.6. The van der Waals surface area contributed by atoms with E-state index in [1.54, 1.807) is 6.20 Å². The average Bonchev–Trinajstić information content (AvgIpc) is 2.90. The first-order valence-corrected chi connectivity index (χ1v) is 6.66. The Morgan fingerprint density at radius 1 is 1.36 bits per heavy atom. The van der Waals surface area contributed by atoms with Crippen LogP contribution in [-0.2, 0) is 4.74 Å². The van der Waals surface area contributed by atoms with Crippen LogP contribution in [0.5, 0.6) is 0 Å². The quantitative estimate of drug-likeness (QED) is 0.563. The molecule has 0 aliphatic carbocycles. The van der Waals surface area contributed by atoms with Crippen LogP contribution in [0, 0.1) is 6.92 Å². The van der Waals surface area contributed by atoms with E-state index in [4.69, 9.17) is 11.6 Å². The molecule has 0 unspecified atom stereocenters. The predicted octanol–water partition coefficient (Wildman–Crippen LogP) is 2.24. The summed E-state index contributed by atoms with van der Waals surface area (Å²) in [6.07, 6.45) is 1.67. The van der Waals surface area contributed by atoms with Crippen LogP contribution >= 0.6 is 11.6 Å². The highest BCUT2D eigenvalue weighted by atomic mass is 35.5. The summed E-state index contributed by atoms with van der Waals surface area (Å²) in [4.78, 5) is 24.0. The van der Waals surface area contributed by atoms with Crippen molar-refractivity contribution in [2.75, 3.05) is 12.4 Å². The van der Waals surface area contributed by atoms with Crippen molar-refractivity contribution < 1.29 is 9.53 Å². The summed E-state index contributed by atoms with van der Waals surface area (Å²) in [5.74, 6) is 0.343. The van der Waals surface area contributed by atoms with Crippen molar-refractivity contribution in [3.8, 4) is 0 Å². The van der Waals surface area contributed by atoms with Crippen LogP contribution in [0.25, 0.3) is 11.0 Å². The Bertz CT molecular complexity index is 863. The molecule has 0 aliphatic heterocycles. The van der Waals surface area contributed by atoms with Gasteiger partial charge in [0.05, 0.1) is 7.11 Å². The number of ether oxygens (including phenoxy) is 1. The van der Waals surface area contributed by atoms with E-state index in [2.05, 4.69) is 35.2 Å². The minimum Gasteiger partial charge on any atom is -0.464 e. The molecule has 3 aromatic rings. The van der Waals surface area contributed by atoms with E-state index in [0.717, 1.165) is 5.56 Å². The summed E-state index contributed by atoms with van der Waals surface area (Å²) in [6.45, 7) is 1.94. The van der Waals surface area contributed by atoms with Gasteiger partial charge in [0.25, 0.3) is 0 Å². The molecule has 3 rings (SSSR count). The van der Waals surface area contributed by atoms with Gasteiger partial charge in [-0.15, -0.1) is 0 Å². The lowest BCUT2D eigenvalue weighted by atomic mass is 10.3. The normalized spacial score (nSPS) is 10.7. The predicted molar refractivity (Wildman–Crippen MR) is 80.3 cm³/mol. The number of anilines is 2. The Balaban J connectivity index is 2.10. The zero-order valence-electron chi connectivity index (χ0n) is 11.7. The highest BCUT2D eigenvalue weighted by Crippen LogP contribution is 2.25. The van der Waals surface area contributed by atoms with E-state index in [0.29, 0.717) is 17.2 Å². The number of hydrogen-bond donors (Lipinski definition) is 2. The number of nitrogens with zero attached hydrogens (tertiary/aromatic N) is 4. The molecule has 0 aromatic carbocycles. The monoisotopic (exact) mass is 318 g/mol. The van der Waals surface area contributed by atoms with Crippen molar-refractivity contribution in [1.29, 1.82) is 0 Å². The molecule has 0 saturated heterocycles. The van der Waals surface area contributed by atoms with E-state index < -0.39 is 5.97 Å². The third-order valence-electron chi connectivity index (χ3n) is 2.92. The number of carbonyl (C=O) groups is 1. The summed E-state index contributed by atoms with van der Waals surface area (Å²) >= 11 is 5.92. The molecule has 22 heavy (non-hydrogen) atoms. The maximum absolute atomic E-state index is 11.7. The summed E-state index contributed by atoms with van der Waals surface area (Å²) in [5.41, 5.74) is 1.79. The summed E-state index contributed by atoms with van der Waals surface area (Å²) in [6, 6.07) is 3.72. The van der Waals surface area contributed by atoms with Crippen LogP contribution in [0.2, 0.25) is 5.28 Å². The number of halogens is 1. The topological polar surface area (TPSA) is 106 Å². The molecule has 0 aliphatic rings. The van der Waals surface area contributed by atoms with Crippen LogP contribution in [0.3, 0.4) is 0 Å². The summed E-state index contributed by atoms with van der Waals surface area (Å²) in [5, 5.41) is 9.63.